The summed E-state index contributed by atoms with van der Waals surface area (Å²) in [5.41, 5.74) is 3.96. The number of anilines is 1. The second-order valence-electron chi connectivity index (χ2n) is 5.96. The van der Waals surface area contributed by atoms with Crippen molar-refractivity contribution in [3.63, 3.8) is 0 Å². The molecule has 3 rings (SSSR count). The van der Waals surface area contributed by atoms with Crippen LogP contribution in [0, 0.1) is 11.3 Å². The van der Waals surface area contributed by atoms with Gasteiger partial charge >= 0.3 is 6.03 Å². The molecule has 2 aromatic rings. The molecule has 0 radical (unpaired) electrons. The van der Waals surface area contributed by atoms with E-state index in [2.05, 4.69) is 22.0 Å². The van der Waals surface area contributed by atoms with Crippen LogP contribution in [0.1, 0.15) is 27.0 Å². The SMILES string of the molecule is CNC(=O)Nc1cccc(C(=O)NC2Cc3ccc(C#N)cc3C2)c1. The Morgan fingerprint density at radius 1 is 1.12 bits per heavy atom. The number of nitrogens with zero attached hydrogens (tertiary/aromatic N) is 1. The van der Waals surface area contributed by atoms with Gasteiger partial charge in [0, 0.05) is 24.3 Å². The van der Waals surface area contributed by atoms with Gasteiger partial charge in [-0.15, -0.1) is 0 Å². The van der Waals surface area contributed by atoms with Gasteiger partial charge in [-0.1, -0.05) is 12.1 Å². The molecule has 1 aliphatic carbocycles. The number of rotatable bonds is 3. The molecule has 25 heavy (non-hydrogen) atoms. The van der Waals surface area contributed by atoms with Crippen molar-refractivity contribution in [1.29, 1.82) is 5.26 Å². The number of hydrogen-bond acceptors (Lipinski definition) is 3. The number of fused-ring (bicyclic) bond motifs is 1. The molecular formula is C19H18N4O2. The smallest absolute Gasteiger partial charge is 0.318 e. The normalized spacial score (nSPS) is 15.0. The van der Waals surface area contributed by atoms with E-state index in [0.717, 1.165) is 12.0 Å². The van der Waals surface area contributed by atoms with Crippen LogP contribution in [0.15, 0.2) is 42.5 Å². The molecule has 0 aromatic heterocycles. The van der Waals surface area contributed by atoms with Gasteiger partial charge in [0.1, 0.15) is 0 Å². The van der Waals surface area contributed by atoms with Gasteiger partial charge in [0.15, 0.2) is 0 Å². The Morgan fingerprint density at radius 3 is 2.68 bits per heavy atom. The zero-order valence-corrected chi connectivity index (χ0v) is 13.8. The van der Waals surface area contributed by atoms with Gasteiger partial charge in [0.2, 0.25) is 0 Å². The topological polar surface area (TPSA) is 94.0 Å². The lowest BCUT2D eigenvalue weighted by atomic mass is 10.1. The summed E-state index contributed by atoms with van der Waals surface area (Å²) in [7, 11) is 1.53. The van der Waals surface area contributed by atoms with Gasteiger partial charge in [0.05, 0.1) is 11.6 Å². The van der Waals surface area contributed by atoms with Gasteiger partial charge in [0.25, 0.3) is 5.91 Å². The molecule has 0 heterocycles. The summed E-state index contributed by atoms with van der Waals surface area (Å²) in [5, 5.41) is 17.1. The van der Waals surface area contributed by atoms with Crippen LogP contribution in [0.4, 0.5) is 10.5 Å². The molecule has 0 spiro atoms. The van der Waals surface area contributed by atoms with Crippen LogP contribution in [0.2, 0.25) is 0 Å². The number of carbonyl (C=O) groups excluding carboxylic acids is 2. The van der Waals surface area contributed by atoms with E-state index in [-0.39, 0.29) is 18.0 Å². The van der Waals surface area contributed by atoms with Crippen LogP contribution < -0.4 is 16.0 Å². The zero-order valence-electron chi connectivity index (χ0n) is 13.8. The molecule has 0 bridgehead atoms. The number of carbonyl (C=O) groups is 2. The largest absolute Gasteiger partial charge is 0.349 e. The van der Waals surface area contributed by atoms with Gasteiger partial charge in [-0.2, -0.15) is 5.26 Å². The van der Waals surface area contributed by atoms with Crippen molar-refractivity contribution in [2.45, 2.75) is 18.9 Å². The van der Waals surface area contributed by atoms with Crippen LogP contribution in [-0.4, -0.2) is 25.0 Å². The molecule has 0 fully saturated rings. The molecule has 0 aliphatic heterocycles. The third-order valence-corrected chi connectivity index (χ3v) is 4.21. The Morgan fingerprint density at radius 2 is 1.92 bits per heavy atom. The maximum Gasteiger partial charge on any atom is 0.318 e. The maximum atomic E-state index is 12.5. The van der Waals surface area contributed by atoms with Crippen molar-refractivity contribution < 1.29 is 9.59 Å². The lowest BCUT2D eigenvalue weighted by Gasteiger charge is -2.13. The third-order valence-electron chi connectivity index (χ3n) is 4.21. The molecule has 1 aliphatic rings. The minimum Gasteiger partial charge on any atom is -0.349 e. The van der Waals surface area contributed by atoms with Gasteiger partial charge in [-0.25, -0.2) is 4.79 Å². The fourth-order valence-corrected chi connectivity index (χ4v) is 2.99. The van der Waals surface area contributed by atoms with Crippen molar-refractivity contribution in [3.05, 3.63) is 64.7 Å². The van der Waals surface area contributed by atoms with E-state index in [9.17, 15) is 9.59 Å². The molecule has 2 aromatic carbocycles. The predicted molar refractivity (Wildman–Crippen MR) is 94.3 cm³/mol. The molecule has 3 amide bonds. The van der Waals surface area contributed by atoms with E-state index < -0.39 is 0 Å². The highest BCUT2D eigenvalue weighted by atomic mass is 16.2. The second-order valence-corrected chi connectivity index (χ2v) is 5.96. The molecule has 126 valence electrons. The summed E-state index contributed by atoms with van der Waals surface area (Å²) >= 11 is 0. The Balaban J connectivity index is 1.66. The lowest BCUT2D eigenvalue weighted by molar-refractivity contribution is 0.0938. The summed E-state index contributed by atoms with van der Waals surface area (Å²) < 4.78 is 0. The predicted octanol–water partition coefficient (Wildman–Crippen LogP) is 2.21. The summed E-state index contributed by atoms with van der Waals surface area (Å²) in [6.07, 6.45) is 1.47. The molecule has 0 saturated heterocycles. The Hall–Kier alpha value is -3.33. The number of hydrogen-bond donors (Lipinski definition) is 3. The molecule has 3 N–H and O–H groups in total. The standard InChI is InChI=1S/C19H18N4O2/c1-21-19(25)23-16-4-2-3-14(9-16)18(24)22-17-8-13-6-5-12(11-20)7-15(13)10-17/h2-7,9,17H,8,10H2,1H3,(H,22,24)(H2,21,23,25). The van der Waals surface area contributed by atoms with Crippen LogP contribution in [0.3, 0.4) is 0 Å². The first-order valence-electron chi connectivity index (χ1n) is 8.00. The first-order chi connectivity index (χ1) is 12.1. The van der Waals surface area contributed by atoms with E-state index >= 15 is 0 Å². The van der Waals surface area contributed by atoms with Gasteiger partial charge in [-0.05, 0) is 54.3 Å². The summed E-state index contributed by atoms with van der Waals surface area (Å²) in [6.45, 7) is 0. The summed E-state index contributed by atoms with van der Waals surface area (Å²) in [6, 6.07) is 14.2. The van der Waals surface area contributed by atoms with Crippen LogP contribution in [0.25, 0.3) is 0 Å². The highest BCUT2D eigenvalue weighted by Gasteiger charge is 2.23. The summed E-state index contributed by atoms with van der Waals surface area (Å²) in [4.78, 5) is 23.9. The quantitative estimate of drug-likeness (QED) is 0.803. The molecule has 6 heteroatoms. The Kier molecular flexibility index (Phi) is 4.66. The molecule has 1 atom stereocenters. The van der Waals surface area contributed by atoms with Crippen LogP contribution >= 0.6 is 0 Å². The number of nitriles is 1. The highest BCUT2D eigenvalue weighted by Crippen LogP contribution is 2.23. The number of nitrogens with one attached hydrogen (secondary N) is 3. The zero-order chi connectivity index (χ0) is 17.8. The van der Waals surface area contributed by atoms with Crippen LogP contribution in [0.5, 0.6) is 0 Å². The fourth-order valence-electron chi connectivity index (χ4n) is 2.99. The highest BCUT2D eigenvalue weighted by molar-refractivity contribution is 5.97. The minimum atomic E-state index is -0.336. The second kappa shape index (κ2) is 7.05. The molecule has 1 unspecified atom stereocenters. The Bertz CT molecular complexity index is 870. The average molecular weight is 334 g/mol. The Labute approximate surface area is 145 Å². The van der Waals surface area contributed by atoms with E-state index in [1.165, 1.54) is 12.6 Å². The van der Waals surface area contributed by atoms with E-state index in [1.807, 2.05) is 12.1 Å². The minimum absolute atomic E-state index is 0.00648. The first-order valence-corrected chi connectivity index (χ1v) is 8.00. The van der Waals surface area contributed by atoms with Crippen LogP contribution in [-0.2, 0) is 12.8 Å². The average Bonchev–Trinajstić information content (AvgIpc) is 3.02. The molecule has 6 nitrogen and oxygen atoms in total. The number of benzene rings is 2. The monoisotopic (exact) mass is 334 g/mol. The van der Waals surface area contributed by atoms with Crippen molar-refractivity contribution in [2.24, 2.45) is 0 Å². The van der Waals surface area contributed by atoms with E-state index in [0.29, 0.717) is 23.2 Å². The fraction of sp³-hybridized carbons (Fsp3) is 0.211. The van der Waals surface area contributed by atoms with E-state index in [4.69, 9.17) is 5.26 Å². The number of urea groups is 1. The maximum absolute atomic E-state index is 12.5. The van der Waals surface area contributed by atoms with Crippen molar-refractivity contribution in [2.75, 3.05) is 12.4 Å². The number of amides is 3. The summed E-state index contributed by atoms with van der Waals surface area (Å²) in [5.74, 6) is -0.182. The van der Waals surface area contributed by atoms with Crippen molar-refractivity contribution >= 4 is 17.6 Å². The lowest BCUT2D eigenvalue weighted by Crippen LogP contribution is -2.35. The van der Waals surface area contributed by atoms with E-state index in [1.54, 1.807) is 30.3 Å². The van der Waals surface area contributed by atoms with Gasteiger partial charge < -0.3 is 16.0 Å². The van der Waals surface area contributed by atoms with Crippen molar-refractivity contribution in [3.8, 4) is 6.07 Å². The van der Waals surface area contributed by atoms with Crippen molar-refractivity contribution in [1.82, 2.24) is 10.6 Å². The van der Waals surface area contributed by atoms with Gasteiger partial charge in [-0.3, -0.25) is 4.79 Å². The molecule has 0 saturated carbocycles. The molecular weight excluding hydrogens is 316 g/mol. The first kappa shape index (κ1) is 16.5. The third kappa shape index (κ3) is 3.78.